The molecule has 0 radical (unpaired) electrons. The molecule has 0 fully saturated rings. The molecule has 1 atom stereocenters. The lowest BCUT2D eigenvalue weighted by atomic mass is 10.0. The van der Waals surface area contributed by atoms with Crippen LogP contribution in [0.4, 0.5) is 0 Å². The molecule has 0 aliphatic carbocycles. The summed E-state index contributed by atoms with van der Waals surface area (Å²) in [6.07, 6.45) is 24.1. The summed E-state index contributed by atoms with van der Waals surface area (Å²) in [6, 6.07) is 0.607. The molecule has 24 heavy (non-hydrogen) atoms. The van der Waals surface area contributed by atoms with Gasteiger partial charge in [-0.05, 0) is 31.5 Å². The topological polar surface area (TPSA) is 40.5 Å². The van der Waals surface area contributed by atoms with Crippen LogP contribution in [-0.2, 0) is 4.79 Å². The van der Waals surface area contributed by atoms with Gasteiger partial charge in [-0.25, -0.2) is 0 Å². The van der Waals surface area contributed by atoms with E-state index in [1.54, 1.807) is 0 Å². The maximum absolute atomic E-state index is 10.4. The zero-order chi connectivity index (χ0) is 17.5. The monoisotopic (exact) mass is 335 g/mol. The molecule has 0 saturated carbocycles. The van der Waals surface area contributed by atoms with Crippen LogP contribution in [0.15, 0.2) is 24.4 Å². The van der Waals surface area contributed by atoms with Crippen molar-refractivity contribution in [1.29, 1.82) is 0 Å². The molecule has 0 saturated heterocycles. The second-order valence-electron chi connectivity index (χ2n) is 7.00. The lowest BCUT2D eigenvalue weighted by Crippen LogP contribution is -2.31. The average Bonchev–Trinajstić information content (AvgIpc) is 2.58. The molecule has 0 amide bonds. The van der Waals surface area contributed by atoms with Crippen LogP contribution < -0.4 is 0 Å². The number of aliphatic carboxylic acids is 1. The van der Waals surface area contributed by atoms with E-state index in [1.807, 2.05) is 0 Å². The van der Waals surface area contributed by atoms with E-state index in [0.29, 0.717) is 12.5 Å². The molecule has 1 aliphatic rings. The SMILES string of the molecule is CCCCN1C=CC=CC1CCCCCCCCCCCC(=O)O. The summed E-state index contributed by atoms with van der Waals surface area (Å²) >= 11 is 0. The summed E-state index contributed by atoms with van der Waals surface area (Å²) in [5.41, 5.74) is 0. The van der Waals surface area contributed by atoms with Gasteiger partial charge in [0.15, 0.2) is 0 Å². The Balaban J connectivity index is 1.93. The fraction of sp³-hybridized carbons (Fsp3) is 0.762. The Morgan fingerprint density at radius 1 is 0.917 bits per heavy atom. The van der Waals surface area contributed by atoms with E-state index in [1.165, 1.54) is 70.8 Å². The van der Waals surface area contributed by atoms with Gasteiger partial charge in [0.05, 0.1) is 0 Å². The molecule has 1 unspecified atom stereocenters. The summed E-state index contributed by atoms with van der Waals surface area (Å²) in [6.45, 7) is 3.44. The zero-order valence-corrected chi connectivity index (χ0v) is 15.6. The van der Waals surface area contributed by atoms with Gasteiger partial charge in [-0.2, -0.15) is 0 Å². The van der Waals surface area contributed by atoms with Crippen LogP contribution in [0.3, 0.4) is 0 Å². The van der Waals surface area contributed by atoms with Crippen molar-refractivity contribution < 1.29 is 9.90 Å². The summed E-state index contributed by atoms with van der Waals surface area (Å²) in [5.74, 6) is -0.661. The molecule has 138 valence electrons. The van der Waals surface area contributed by atoms with Crippen molar-refractivity contribution >= 4 is 5.97 Å². The number of hydrogen-bond acceptors (Lipinski definition) is 2. The van der Waals surface area contributed by atoms with Gasteiger partial charge in [-0.3, -0.25) is 4.79 Å². The van der Waals surface area contributed by atoms with Gasteiger partial charge in [0, 0.05) is 19.0 Å². The molecule has 3 nitrogen and oxygen atoms in total. The number of unbranched alkanes of at least 4 members (excludes halogenated alkanes) is 9. The van der Waals surface area contributed by atoms with Gasteiger partial charge in [0.25, 0.3) is 0 Å². The van der Waals surface area contributed by atoms with E-state index in [0.717, 1.165) is 12.8 Å². The van der Waals surface area contributed by atoms with Crippen LogP contribution >= 0.6 is 0 Å². The first-order chi connectivity index (χ1) is 11.7. The first-order valence-electron chi connectivity index (χ1n) is 10.1. The van der Waals surface area contributed by atoms with Crippen LogP contribution in [0.5, 0.6) is 0 Å². The van der Waals surface area contributed by atoms with E-state index < -0.39 is 5.97 Å². The molecule has 0 bridgehead atoms. The molecule has 0 aromatic rings. The van der Waals surface area contributed by atoms with E-state index in [4.69, 9.17) is 5.11 Å². The van der Waals surface area contributed by atoms with Gasteiger partial charge in [-0.1, -0.05) is 76.9 Å². The predicted octanol–water partition coefficient (Wildman–Crippen LogP) is 5.92. The van der Waals surface area contributed by atoms with Gasteiger partial charge in [-0.15, -0.1) is 0 Å². The molecule has 1 heterocycles. The summed E-state index contributed by atoms with van der Waals surface area (Å²) in [7, 11) is 0. The minimum Gasteiger partial charge on any atom is -0.481 e. The van der Waals surface area contributed by atoms with Crippen LogP contribution in [0, 0.1) is 0 Å². The van der Waals surface area contributed by atoms with Crippen LogP contribution in [0.2, 0.25) is 0 Å². The lowest BCUT2D eigenvalue weighted by Gasteiger charge is -2.30. The normalized spacial score (nSPS) is 16.7. The van der Waals surface area contributed by atoms with Crippen molar-refractivity contribution in [3.05, 3.63) is 24.4 Å². The van der Waals surface area contributed by atoms with Crippen molar-refractivity contribution in [3.63, 3.8) is 0 Å². The zero-order valence-electron chi connectivity index (χ0n) is 15.6. The van der Waals surface area contributed by atoms with E-state index in [2.05, 4.69) is 36.3 Å². The number of hydrogen-bond donors (Lipinski definition) is 1. The van der Waals surface area contributed by atoms with Gasteiger partial charge < -0.3 is 10.0 Å². The van der Waals surface area contributed by atoms with Crippen LogP contribution in [0.1, 0.15) is 90.4 Å². The number of allylic oxidation sites excluding steroid dienone is 2. The summed E-state index contributed by atoms with van der Waals surface area (Å²) in [5, 5.41) is 8.58. The third-order valence-corrected chi connectivity index (χ3v) is 4.81. The Bertz CT molecular complexity index is 376. The molecular weight excluding hydrogens is 298 g/mol. The Labute approximate surface area is 148 Å². The van der Waals surface area contributed by atoms with Crippen LogP contribution in [-0.4, -0.2) is 28.6 Å². The van der Waals surface area contributed by atoms with Gasteiger partial charge in [0.2, 0.25) is 0 Å². The predicted molar refractivity (Wildman–Crippen MR) is 102 cm³/mol. The smallest absolute Gasteiger partial charge is 0.303 e. The first kappa shape index (κ1) is 20.8. The first-order valence-corrected chi connectivity index (χ1v) is 10.1. The van der Waals surface area contributed by atoms with E-state index >= 15 is 0 Å². The lowest BCUT2D eigenvalue weighted by molar-refractivity contribution is -0.137. The standard InChI is InChI=1S/C21H37NO2/c1-2-3-18-22-19-14-13-16-20(22)15-11-9-7-5-4-6-8-10-12-17-21(23)24/h13-14,16,19-20H,2-12,15,17-18H2,1H3,(H,23,24). The molecule has 3 heteroatoms. The third kappa shape index (κ3) is 10.5. The number of rotatable bonds is 15. The number of nitrogens with zero attached hydrogens (tertiary/aromatic N) is 1. The van der Waals surface area contributed by atoms with Crippen molar-refractivity contribution in [1.82, 2.24) is 4.90 Å². The minimum absolute atomic E-state index is 0.333. The fourth-order valence-corrected chi connectivity index (χ4v) is 3.28. The summed E-state index contributed by atoms with van der Waals surface area (Å²) < 4.78 is 0. The number of carboxylic acid groups (broad SMARTS) is 1. The Morgan fingerprint density at radius 3 is 2.17 bits per heavy atom. The Kier molecular flexibility index (Phi) is 12.2. The molecule has 1 rings (SSSR count). The van der Waals surface area contributed by atoms with Crippen LogP contribution in [0.25, 0.3) is 0 Å². The van der Waals surface area contributed by atoms with Crippen molar-refractivity contribution in [2.75, 3.05) is 6.54 Å². The maximum atomic E-state index is 10.4. The largest absolute Gasteiger partial charge is 0.481 e. The maximum Gasteiger partial charge on any atom is 0.303 e. The van der Waals surface area contributed by atoms with Crippen molar-refractivity contribution in [3.8, 4) is 0 Å². The number of carbonyl (C=O) groups is 1. The van der Waals surface area contributed by atoms with Gasteiger partial charge in [0.1, 0.15) is 0 Å². The molecule has 1 N–H and O–H groups in total. The highest BCUT2D eigenvalue weighted by Gasteiger charge is 2.13. The molecular formula is C21H37NO2. The van der Waals surface area contributed by atoms with E-state index in [-0.39, 0.29) is 0 Å². The van der Waals surface area contributed by atoms with E-state index in [9.17, 15) is 4.79 Å². The molecule has 0 aromatic heterocycles. The highest BCUT2D eigenvalue weighted by molar-refractivity contribution is 5.66. The molecule has 1 aliphatic heterocycles. The Hall–Kier alpha value is -1.25. The molecule has 0 aromatic carbocycles. The van der Waals surface area contributed by atoms with Crippen molar-refractivity contribution in [2.24, 2.45) is 0 Å². The van der Waals surface area contributed by atoms with Gasteiger partial charge >= 0.3 is 5.97 Å². The second-order valence-corrected chi connectivity index (χ2v) is 7.00. The quantitative estimate of drug-likeness (QED) is 0.378. The highest BCUT2D eigenvalue weighted by atomic mass is 16.4. The fourth-order valence-electron chi connectivity index (χ4n) is 3.28. The average molecular weight is 336 g/mol. The highest BCUT2D eigenvalue weighted by Crippen LogP contribution is 2.17. The second kappa shape index (κ2) is 14.1. The van der Waals surface area contributed by atoms with Crippen molar-refractivity contribution in [2.45, 2.75) is 96.4 Å². The summed E-state index contributed by atoms with van der Waals surface area (Å²) in [4.78, 5) is 12.9. The molecule has 0 spiro atoms. The minimum atomic E-state index is -0.661. The Morgan fingerprint density at radius 2 is 1.54 bits per heavy atom. The number of carboxylic acids is 1. The third-order valence-electron chi connectivity index (χ3n) is 4.81.